The Morgan fingerprint density at radius 1 is 1.50 bits per heavy atom. The number of aromatic nitrogens is 1. The number of benzene rings is 1. The normalized spacial score (nSPS) is 14.1. The number of fused-ring (bicyclic) bond motifs is 1. The molecule has 2 atom stereocenters. The zero-order valence-electron chi connectivity index (χ0n) is 9.26. The molecular formula is C10H11N5O2S. The Morgan fingerprint density at radius 2 is 2.28 bits per heavy atom. The third-order valence-electron chi connectivity index (χ3n) is 2.48. The first-order valence-electron chi connectivity index (χ1n) is 5.15. The number of anilines is 1. The molecule has 2 aromatic rings. The number of nitrogens with two attached hydrogens (primary N) is 1. The number of para-hydroxylation sites is 1. The van der Waals surface area contributed by atoms with Crippen molar-refractivity contribution in [1.29, 1.82) is 0 Å². The van der Waals surface area contributed by atoms with E-state index in [0.717, 1.165) is 4.70 Å². The molecule has 8 heteroatoms. The molecule has 0 aliphatic rings. The van der Waals surface area contributed by atoms with Crippen LogP contribution in [0.2, 0.25) is 0 Å². The lowest BCUT2D eigenvalue weighted by molar-refractivity contribution is 0.0252. The van der Waals surface area contributed by atoms with Crippen molar-refractivity contribution in [3.63, 3.8) is 0 Å². The van der Waals surface area contributed by atoms with Crippen LogP contribution in [0.1, 0.15) is 11.7 Å². The van der Waals surface area contributed by atoms with Crippen molar-refractivity contribution in [2.75, 3.05) is 12.3 Å². The molecule has 2 unspecified atom stereocenters. The number of nitrogen functional groups attached to an aromatic ring is 1. The molecular weight excluding hydrogens is 254 g/mol. The van der Waals surface area contributed by atoms with Crippen molar-refractivity contribution in [3.05, 3.63) is 34.2 Å². The van der Waals surface area contributed by atoms with Gasteiger partial charge in [0, 0.05) is 10.5 Å². The summed E-state index contributed by atoms with van der Waals surface area (Å²) in [7, 11) is 0. The Labute approximate surface area is 106 Å². The number of hydrogen-bond donors (Lipinski definition) is 3. The van der Waals surface area contributed by atoms with Gasteiger partial charge in [0.15, 0.2) is 5.13 Å². The molecule has 94 valence electrons. The predicted octanol–water partition coefficient (Wildman–Crippen LogP) is 1.58. The second-order valence-electron chi connectivity index (χ2n) is 3.67. The largest absolute Gasteiger partial charge is 0.390 e. The van der Waals surface area contributed by atoms with Crippen LogP contribution in [0.15, 0.2) is 23.3 Å². The van der Waals surface area contributed by atoms with Crippen molar-refractivity contribution in [3.8, 4) is 0 Å². The SMILES string of the molecule is [N-]=[N+]=NCC(O)C(O)c1cccc2sc(N)nc12. The maximum absolute atomic E-state index is 10.0. The van der Waals surface area contributed by atoms with Gasteiger partial charge in [-0.1, -0.05) is 28.6 Å². The summed E-state index contributed by atoms with van der Waals surface area (Å²) in [5.41, 5.74) is 14.8. The quantitative estimate of drug-likeness (QED) is 0.440. The first kappa shape index (κ1) is 12.6. The molecule has 1 heterocycles. The average molecular weight is 265 g/mol. The molecule has 7 nitrogen and oxygen atoms in total. The molecule has 18 heavy (non-hydrogen) atoms. The van der Waals surface area contributed by atoms with Crippen molar-refractivity contribution >= 4 is 26.7 Å². The molecule has 1 aromatic carbocycles. The summed E-state index contributed by atoms with van der Waals surface area (Å²) in [6.45, 7) is -0.201. The highest BCUT2D eigenvalue weighted by Crippen LogP contribution is 2.30. The van der Waals surface area contributed by atoms with Gasteiger partial charge in [0.05, 0.1) is 22.9 Å². The number of thiazole rings is 1. The summed E-state index contributed by atoms with van der Waals surface area (Å²) < 4.78 is 0.833. The van der Waals surface area contributed by atoms with Gasteiger partial charge < -0.3 is 15.9 Å². The van der Waals surface area contributed by atoms with Crippen molar-refractivity contribution in [2.24, 2.45) is 5.11 Å². The molecule has 0 aliphatic heterocycles. The van der Waals surface area contributed by atoms with E-state index in [1.54, 1.807) is 12.1 Å². The molecule has 0 saturated carbocycles. The monoisotopic (exact) mass is 265 g/mol. The minimum absolute atomic E-state index is 0.201. The van der Waals surface area contributed by atoms with Gasteiger partial charge in [-0.05, 0) is 11.6 Å². The fourth-order valence-electron chi connectivity index (χ4n) is 1.65. The average Bonchev–Trinajstić information content (AvgIpc) is 2.74. The van der Waals surface area contributed by atoms with Crippen LogP contribution in [0, 0.1) is 0 Å². The first-order valence-corrected chi connectivity index (χ1v) is 5.97. The number of azide groups is 1. The predicted molar refractivity (Wildman–Crippen MR) is 69.0 cm³/mol. The van der Waals surface area contributed by atoms with Gasteiger partial charge in [0.2, 0.25) is 0 Å². The highest BCUT2D eigenvalue weighted by atomic mass is 32.1. The molecule has 0 fully saturated rings. The Morgan fingerprint density at radius 3 is 3.00 bits per heavy atom. The third-order valence-corrected chi connectivity index (χ3v) is 3.33. The number of rotatable bonds is 4. The molecule has 0 spiro atoms. The fraction of sp³-hybridized carbons (Fsp3) is 0.300. The van der Waals surface area contributed by atoms with E-state index in [1.165, 1.54) is 11.3 Å². The number of aliphatic hydroxyl groups excluding tert-OH is 2. The molecule has 0 saturated heterocycles. The van der Waals surface area contributed by atoms with Crippen LogP contribution in [0.3, 0.4) is 0 Å². The number of aliphatic hydroxyl groups is 2. The van der Waals surface area contributed by atoms with Gasteiger partial charge >= 0.3 is 0 Å². The smallest absolute Gasteiger partial charge is 0.181 e. The molecule has 1 aromatic heterocycles. The maximum atomic E-state index is 10.0. The zero-order valence-corrected chi connectivity index (χ0v) is 10.1. The van der Waals surface area contributed by atoms with Crippen LogP contribution in [0.4, 0.5) is 5.13 Å². The van der Waals surface area contributed by atoms with Crippen LogP contribution in [0.25, 0.3) is 20.7 Å². The van der Waals surface area contributed by atoms with Gasteiger partial charge in [0.1, 0.15) is 6.10 Å². The summed E-state index contributed by atoms with van der Waals surface area (Å²) in [6, 6.07) is 5.24. The second kappa shape index (κ2) is 5.19. The molecule has 0 bridgehead atoms. The van der Waals surface area contributed by atoms with Crippen LogP contribution < -0.4 is 5.73 Å². The Hall–Kier alpha value is -1.86. The highest BCUT2D eigenvalue weighted by Gasteiger charge is 2.21. The van der Waals surface area contributed by atoms with E-state index in [9.17, 15) is 10.2 Å². The lowest BCUT2D eigenvalue weighted by Gasteiger charge is -2.16. The summed E-state index contributed by atoms with van der Waals surface area (Å²) in [5, 5.41) is 23.3. The molecule has 0 aliphatic carbocycles. The third kappa shape index (κ3) is 2.36. The van der Waals surface area contributed by atoms with Gasteiger partial charge in [0.25, 0.3) is 0 Å². The van der Waals surface area contributed by atoms with Gasteiger partial charge in [-0.3, -0.25) is 0 Å². The summed E-state index contributed by atoms with van der Waals surface area (Å²) in [5.74, 6) is 0. The Bertz CT molecular complexity index is 607. The summed E-state index contributed by atoms with van der Waals surface area (Å²) >= 11 is 1.31. The van der Waals surface area contributed by atoms with E-state index < -0.39 is 12.2 Å². The van der Waals surface area contributed by atoms with Crippen LogP contribution in [0.5, 0.6) is 0 Å². The zero-order chi connectivity index (χ0) is 13.1. The maximum Gasteiger partial charge on any atom is 0.181 e. The standard InChI is InChI=1S/C10H11N5O2S/c11-10-14-8-5(2-1-3-7(8)18-10)9(17)6(16)4-13-15-12/h1-3,6,9,16-17H,4H2,(H2,11,14). The Balaban J connectivity index is 2.37. The van der Waals surface area contributed by atoms with Gasteiger partial charge in [-0.25, -0.2) is 4.98 Å². The van der Waals surface area contributed by atoms with Crippen LogP contribution >= 0.6 is 11.3 Å². The minimum Gasteiger partial charge on any atom is -0.390 e. The van der Waals surface area contributed by atoms with Crippen molar-refractivity contribution < 1.29 is 10.2 Å². The van der Waals surface area contributed by atoms with E-state index in [2.05, 4.69) is 15.0 Å². The van der Waals surface area contributed by atoms with Gasteiger partial charge in [-0.2, -0.15) is 0 Å². The van der Waals surface area contributed by atoms with E-state index in [-0.39, 0.29) is 6.54 Å². The van der Waals surface area contributed by atoms with Crippen molar-refractivity contribution in [1.82, 2.24) is 4.98 Å². The number of nitrogens with zero attached hydrogens (tertiary/aromatic N) is 4. The fourth-order valence-corrected chi connectivity index (χ4v) is 2.42. The Kier molecular flexibility index (Phi) is 3.63. The topological polar surface area (TPSA) is 128 Å². The van der Waals surface area contributed by atoms with Crippen molar-refractivity contribution in [2.45, 2.75) is 12.2 Å². The van der Waals surface area contributed by atoms with Crippen LogP contribution in [-0.2, 0) is 0 Å². The van der Waals surface area contributed by atoms with E-state index >= 15 is 0 Å². The molecule has 2 rings (SSSR count). The van der Waals surface area contributed by atoms with E-state index in [4.69, 9.17) is 11.3 Å². The first-order chi connectivity index (χ1) is 8.63. The summed E-state index contributed by atoms with van der Waals surface area (Å²) in [6.07, 6.45) is -2.34. The minimum atomic E-state index is -1.17. The van der Waals surface area contributed by atoms with E-state index in [1.807, 2.05) is 6.07 Å². The van der Waals surface area contributed by atoms with Gasteiger partial charge in [-0.15, -0.1) is 0 Å². The lowest BCUT2D eigenvalue weighted by Crippen LogP contribution is -2.21. The second-order valence-corrected chi connectivity index (χ2v) is 4.73. The molecule has 4 N–H and O–H groups in total. The summed E-state index contributed by atoms with van der Waals surface area (Å²) in [4.78, 5) is 6.66. The molecule has 0 radical (unpaired) electrons. The molecule has 0 amide bonds. The lowest BCUT2D eigenvalue weighted by atomic mass is 10.0. The van der Waals surface area contributed by atoms with E-state index in [0.29, 0.717) is 16.2 Å². The number of hydrogen-bond acceptors (Lipinski definition) is 6. The van der Waals surface area contributed by atoms with Crippen LogP contribution in [-0.4, -0.2) is 27.8 Å². The highest BCUT2D eigenvalue weighted by molar-refractivity contribution is 7.22.